The summed E-state index contributed by atoms with van der Waals surface area (Å²) in [5.74, 6) is 1.47. The van der Waals surface area contributed by atoms with Crippen LogP contribution in [0, 0.1) is 5.92 Å². The number of nitrogens with zero attached hydrogens (tertiary/aromatic N) is 1. The number of ether oxygens (including phenoxy) is 1. The molecular formula is C16H23NO4S. The van der Waals surface area contributed by atoms with Gasteiger partial charge in [0.1, 0.15) is 5.75 Å². The van der Waals surface area contributed by atoms with Crippen LogP contribution in [-0.2, 0) is 10.0 Å². The van der Waals surface area contributed by atoms with Gasteiger partial charge >= 0.3 is 0 Å². The zero-order valence-electron chi connectivity index (χ0n) is 12.8. The fraction of sp³-hybridized carbons (Fsp3) is 0.625. The van der Waals surface area contributed by atoms with Crippen LogP contribution in [0.25, 0.3) is 0 Å². The highest BCUT2D eigenvalue weighted by molar-refractivity contribution is 7.89. The zero-order valence-corrected chi connectivity index (χ0v) is 13.6. The van der Waals surface area contributed by atoms with Crippen molar-refractivity contribution in [1.82, 2.24) is 4.31 Å². The van der Waals surface area contributed by atoms with Gasteiger partial charge in [-0.15, -0.1) is 0 Å². The summed E-state index contributed by atoms with van der Waals surface area (Å²) in [6, 6.07) is 7.14. The molecule has 0 amide bonds. The van der Waals surface area contributed by atoms with Gasteiger partial charge in [0.2, 0.25) is 10.0 Å². The van der Waals surface area contributed by atoms with Crippen molar-refractivity contribution < 1.29 is 18.3 Å². The molecule has 0 bridgehead atoms. The second-order valence-electron chi connectivity index (χ2n) is 6.30. The lowest BCUT2D eigenvalue weighted by atomic mass is 10.0. The minimum absolute atomic E-state index is 0.185. The predicted octanol–water partition coefficient (Wildman–Crippen LogP) is 1.93. The molecule has 1 aliphatic carbocycles. The van der Waals surface area contributed by atoms with Gasteiger partial charge in [0.15, 0.2) is 0 Å². The number of aliphatic hydroxyl groups is 1. The van der Waals surface area contributed by atoms with Gasteiger partial charge in [-0.25, -0.2) is 8.42 Å². The monoisotopic (exact) mass is 325 g/mol. The maximum atomic E-state index is 12.6. The van der Waals surface area contributed by atoms with Gasteiger partial charge in [-0.2, -0.15) is 4.31 Å². The van der Waals surface area contributed by atoms with Crippen molar-refractivity contribution in [1.29, 1.82) is 0 Å². The molecule has 3 rings (SSSR count). The second-order valence-corrected chi connectivity index (χ2v) is 8.34. The summed E-state index contributed by atoms with van der Waals surface area (Å²) < 4.78 is 32.0. The highest BCUT2D eigenvalue weighted by atomic mass is 32.2. The molecule has 1 heterocycles. The number of β-amino-alcohol motifs (C(OH)–C–C–N with tert-alkyl or cyclic N) is 1. The third-order valence-corrected chi connectivity index (χ3v) is 6.42. The van der Waals surface area contributed by atoms with E-state index in [-0.39, 0.29) is 18.3 Å². The molecule has 5 nitrogen and oxygen atoms in total. The minimum Gasteiger partial charge on any atom is -0.497 e. The van der Waals surface area contributed by atoms with Crippen molar-refractivity contribution in [2.24, 2.45) is 5.92 Å². The molecule has 1 saturated carbocycles. The van der Waals surface area contributed by atoms with Crippen LogP contribution in [0.2, 0.25) is 0 Å². The topological polar surface area (TPSA) is 66.8 Å². The van der Waals surface area contributed by atoms with Crippen LogP contribution in [0.1, 0.15) is 37.3 Å². The molecule has 0 unspecified atom stereocenters. The van der Waals surface area contributed by atoms with Gasteiger partial charge in [-0.05, 0) is 36.5 Å². The lowest BCUT2D eigenvalue weighted by Crippen LogP contribution is -2.33. The van der Waals surface area contributed by atoms with Crippen LogP contribution in [0.15, 0.2) is 24.3 Å². The third kappa shape index (κ3) is 3.45. The number of benzene rings is 1. The van der Waals surface area contributed by atoms with Gasteiger partial charge in [-0.1, -0.05) is 25.0 Å². The third-order valence-electron chi connectivity index (χ3n) is 4.55. The van der Waals surface area contributed by atoms with Crippen molar-refractivity contribution >= 4 is 10.0 Å². The quantitative estimate of drug-likeness (QED) is 0.868. The summed E-state index contributed by atoms with van der Waals surface area (Å²) in [7, 11) is -1.74. The molecule has 1 aromatic carbocycles. The first-order valence-corrected chi connectivity index (χ1v) is 9.42. The van der Waals surface area contributed by atoms with Gasteiger partial charge in [0, 0.05) is 6.54 Å². The average molecular weight is 325 g/mol. The van der Waals surface area contributed by atoms with E-state index < -0.39 is 16.1 Å². The maximum Gasteiger partial charge on any atom is 0.214 e. The highest BCUT2D eigenvalue weighted by Crippen LogP contribution is 2.38. The van der Waals surface area contributed by atoms with Crippen LogP contribution < -0.4 is 4.74 Å². The molecule has 0 aromatic heterocycles. The lowest BCUT2D eigenvalue weighted by Gasteiger charge is -2.24. The average Bonchev–Trinajstić information content (AvgIpc) is 3.26. The molecule has 22 heavy (non-hydrogen) atoms. The van der Waals surface area contributed by atoms with Crippen LogP contribution in [0.4, 0.5) is 0 Å². The highest BCUT2D eigenvalue weighted by Gasteiger charge is 2.40. The maximum absolute atomic E-state index is 12.6. The molecule has 0 spiro atoms. The predicted molar refractivity (Wildman–Crippen MR) is 84.2 cm³/mol. The van der Waals surface area contributed by atoms with E-state index in [1.807, 2.05) is 24.3 Å². The summed E-state index contributed by atoms with van der Waals surface area (Å²) >= 11 is 0. The molecule has 1 saturated heterocycles. The van der Waals surface area contributed by atoms with E-state index in [0.717, 1.165) is 24.8 Å². The summed E-state index contributed by atoms with van der Waals surface area (Å²) in [4.78, 5) is 0. The van der Waals surface area contributed by atoms with E-state index in [4.69, 9.17) is 4.74 Å². The van der Waals surface area contributed by atoms with Crippen molar-refractivity contribution in [3.8, 4) is 5.75 Å². The normalized spacial score (nSPS) is 26.3. The largest absolute Gasteiger partial charge is 0.497 e. The minimum atomic E-state index is -3.33. The zero-order chi connectivity index (χ0) is 15.7. The van der Waals surface area contributed by atoms with Crippen molar-refractivity contribution in [3.05, 3.63) is 29.8 Å². The van der Waals surface area contributed by atoms with Crippen LogP contribution in [-0.4, -0.2) is 43.3 Å². The van der Waals surface area contributed by atoms with Gasteiger partial charge in [0.05, 0.1) is 25.0 Å². The van der Waals surface area contributed by atoms with E-state index in [0.29, 0.717) is 18.1 Å². The number of sulfonamides is 1. The van der Waals surface area contributed by atoms with E-state index >= 15 is 0 Å². The summed E-state index contributed by atoms with van der Waals surface area (Å²) in [5, 5.41) is 9.97. The van der Waals surface area contributed by atoms with Crippen molar-refractivity contribution in [2.45, 2.75) is 37.8 Å². The lowest BCUT2D eigenvalue weighted by molar-refractivity contribution is 0.188. The number of rotatable bonds is 6. The van der Waals surface area contributed by atoms with E-state index in [1.165, 1.54) is 4.31 Å². The van der Waals surface area contributed by atoms with Crippen molar-refractivity contribution in [3.63, 3.8) is 0 Å². The first-order chi connectivity index (χ1) is 10.5. The first-order valence-electron chi connectivity index (χ1n) is 7.81. The summed E-state index contributed by atoms with van der Waals surface area (Å²) in [5.41, 5.74) is 0.880. The molecule has 2 fully saturated rings. The second kappa shape index (κ2) is 6.18. The van der Waals surface area contributed by atoms with Gasteiger partial charge < -0.3 is 9.84 Å². The van der Waals surface area contributed by atoms with Crippen LogP contribution in [0.3, 0.4) is 0 Å². The number of methoxy groups -OCH3 is 1. The molecule has 1 aliphatic heterocycles. The molecule has 6 heteroatoms. The molecule has 0 radical (unpaired) electrons. The van der Waals surface area contributed by atoms with Gasteiger partial charge in [0.25, 0.3) is 0 Å². The first kappa shape index (κ1) is 15.8. The Bertz CT molecular complexity index is 627. The van der Waals surface area contributed by atoms with Gasteiger partial charge in [-0.3, -0.25) is 0 Å². The molecule has 2 atom stereocenters. The smallest absolute Gasteiger partial charge is 0.214 e. The van der Waals surface area contributed by atoms with Crippen LogP contribution >= 0.6 is 0 Å². The van der Waals surface area contributed by atoms with E-state index in [1.54, 1.807) is 7.11 Å². The molecule has 122 valence electrons. The molecular weight excluding hydrogens is 302 g/mol. The molecule has 1 aromatic rings. The number of hydrogen-bond donors (Lipinski definition) is 1. The number of hydrogen-bond acceptors (Lipinski definition) is 4. The number of aliphatic hydroxyl groups excluding tert-OH is 1. The fourth-order valence-electron chi connectivity index (χ4n) is 3.08. The van der Waals surface area contributed by atoms with Crippen LogP contribution in [0.5, 0.6) is 5.75 Å². The Morgan fingerprint density at radius 3 is 2.82 bits per heavy atom. The standard InChI is InChI=1S/C16H23NO4S/c1-21-15-4-2-3-13(9-15)16-10-14(18)11-17(16)22(19,20)8-7-12-5-6-12/h2-4,9,12,14,16,18H,5-8,10-11H2,1H3/t14-,16-/m0/s1. The Labute approximate surface area is 131 Å². The van der Waals surface area contributed by atoms with E-state index in [9.17, 15) is 13.5 Å². The van der Waals surface area contributed by atoms with E-state index in [2.05, 4.69) is 0 Å². The summed E-state index contributed by atoms with van der Waals surface area (Å²) in [6.07, 6.45) is 2.87. The molecule has 2 aliphatic rings. The Balaban J connectivity index is 1.81. The SMILES string of the molecule is COc1cccc([C@@H]2C[C@H](O)CN2S(=O)(=O)CCC2CC2)c1. The Morgan fingerprint density at radius 1 is 1.36 bits per heavy atom. The fourth-order valence-corrected chi connectivity index (χ4v) is 4.94. The van der Waals surface area contributed by atoms with Crippen molar-refractivity contribution in [2.75, 3.05) is 19.4 Å². The Hall–Kier alpha value is -1.11. The Kier molecular flexibility index (Phi) is 4.43. The molecule has 1 N–H and O–H groups in total. The Morgan fingerprint density at radius 2 is 2.14 bits per heavy atom. The summed E-state index contributed by atoms with van der Waals surface area (Å²) in [6.45, 7) is 0.189.